The minimum absolute atomic E-state index is 0.397. The number of nitrogens with zero attached hydrogens (tertiary/aromatic N) is 3. The first kappa shape index (κ1) is 12.8. The van der Waals surface area contributed by atoms with Crippen LogP contribution in [0.2, 0.25) is 0 Å². The molecule has 5 heteroatoms. The van der Waals surface area contributed by atoms with Crippen molar-refractivity contribution >= 4 is 21.9 Å². The summed E-state index contributed by atoms with van der Waals surface area (Å²) in [6.07, 6.45) is 4.34. The van der Waals surface area contributed by atoms with Crippen LogP contribution in [0.5, 0.6) is 0 Å². The molecule has 0 radical (unpaired) electrons. The van der Waals surface area contributed by atoms with Crippen LogP contribution in [0.4, 0.5) is 5.95 Å². The number of aryl methyl sites for hydroxylation is 1. The summed E-state index contributed by atoms with van der Waals surface area (Å²) in [7, 11) is 0. The fraction of sp³-hybridized carbons (Fsp3) is 0.667. The van der Waals surface area contributed by atoms with Crippen LogP contribution in [-0.4, -0.2) is 41.1 Å². The molecule has 1 aliphatic heterocycles. The Bertz CT molecular complexity index is 353. The van der Waals surface area contributed by atoms with Gasteiger partial charge in [0.1, 0.15) is 0 Å². The highest BCUT2D eigenvalue weighted by molar-refractivity contribution is 9.09. The van der Waals surface area contributed by atoms with Gasteiger partial charge in [-0.05, 0) is 25.8 Å². The molecule has 2 rings (SSSR count). The lowest BCUT2D eigenvalue weighted by molar-refractivity contribution is 0.0479. The lowest BCUT2D eigenvalue weighted by atomic mass is 10.1. The van der Waals surface area contributed by atoms with Crippen molar-refractivity contribution in [1.29, 1.82) is 0 Å². The largest absolute Gasteiger partial charge is 0.377 e. The summed E-state index contributed by atoms with van der Waals surface area (Å²) in [5.74, 6) is 0.851. The monoisotopic (exact) mass is 299 g/mol. The van der Waals surface area contributed by atoms with Gasteiger partial charge in [0.2, 0.25) is 5.95 Å². The molecule has 0 amide bonds. The first-order chi connectivity index (χ1) is 8.29. The summed E-state index contributed by atoms with van der Waals surface area (Å²) < 4.78 is 5.73. The van der Waals surface area contributed by atoms with Crippen molar-refractivity contribution < 1.29 is 4.74 Å². The van der Waals surface area contributed by atoms with E-state index in [0.29, 0.717) is 6.10 Å². The quantitative estimate of drug-likeness (QED) is 0.799. The maximum Gasteiger partial charge on any atom is 0.225 e. The third-order valence-corrected chi connectivity index (χ3v) is 3.26. The Hall–Kier alpha value is -0.680. The molecule has 4 nitrogen and oxygen atoms in total. The van der Waals surface area contributed by atoms with Crippen LogP contribution >= 0.6 is 15.9 Å². The van der Waals surface area contributed by atoms with Crippen molar-refractivity contribution in [3.05, 3.63) is 18.0 Å². The van der Waals surface area contributed by atoms with E-state index in [1.54, 1.807) is 0 Å². The molecule has 0 aliphatic carbocycles. The van der Waals surface area contributed by atoms with E-state index in [-0.39, 0.29) is 0 Å². The number of anilines is 1. The second-order valence-electron chi connectivity index (χ2n) is 4.24. The number of aromatic nitrogens is 2. The molecule has 1 saturated heterocycles. The average Bonchev–Trinajstić information content (AvgIpc) is 2.37. The van der Waals surface area contributed by atoms with Gasteiger partial charge in [-0.1, -0.05) is 15.9 Å². The Morgan fingerprint density at radius 3 is 2.88 bits per heavy atom. The van der Waals surface area contributed by atoms with E-state index in [0.717, 1.165) is 49.5 Å². The zero-order chi connectivity index (χ0) is 12.1. The van der Waals surface area contributed by atoms with Crippen LogP contribution < -0.4 is 4.90 Å². The second-order valence-corrected chi connectivity index (χ2v) is 5.04. The van der Waals surface area contributed by atoms with Gasteiger partial charge in [0.05, 0.1) is 12.7 Å². The molecule has 1 aromatic heterocycles. The molecular weight excluding hydrogens is 282 g/mol. The molecule has 0 unspecified atom stereocenters. The van der Waals surface area contributed by atoms with Crippen molar-refractivity contribution in [3.63, 3.8) is 0 Å². The highest BCUT2D eigenvalue weighted by Crippen LogP contribution is 2.18. The van der Waals surface area contributed by atoms with Gasteiger partial charge in [-0.2, -0.15) is 0 Å². The fourth-order valence-electron chi connectivity index (χ4n) is 2.02. The number of rotatable bonds is 4. The predicted octanol–water partition coefficient (Wildman–Crippen LogP) is 2.17. The Kier molecular flexibility index (Phi) is 4.74. The van der Waals surface area contributed by atoms with Crippen LogP contribution in [0, 0.1) is 6.92 Å². The fourth-order valence-corrected chi connectivity index (χ4v) is 2.21. The van der Waals surface area contributed by atoms with Crippen molar-refractivity contribution in [2.45, 2.75) is 25.9 Å². The van der Waals surface area contributed by atoms with Crippen LogP contribution in [0.25, 0.3) is 0 Å². The summed E-state index contributed by atoms with van der Waals surface area (Å²) in [5, 5.41) is 0.911. The number of hydrogen-bond donors (Lipinski definition) is 0. The van der Waals surface area contributed by atoms with Crippen molar-refractivity contribution in [1.82, 2.24) is 9.97 Å². The summed E-state index contributed by atoms with van der Waals surface area (Å²) in [5.41, 5.74) is 1.02. The van der Waals surface area contributed by atoms with Crippen molar-refractivity contribution in [2.24, 2.45) is 0 Å². The highest BCUT2D eigenvalue weighted by atomic mass is 79.9. The zero-order valence-electron chi connectivity index (χ0n) is 10.1. The summed E-state index contributed by atoms with van der Waals surface area (Å²) in [6.45, 7) is 4.76. The molecule has 1 fully saturated rings. The second kappa shape index (κ2) is 6.31. The number of piperidine rings is 1. The van der Waals surface area contributed by atoms with Gasteiger partial charge in [-0.15, -0.1) is 0 Å². The van der Waals surface area contributed by atoms with Crippen molar-refractivity contribution in [2.75, 3.05) is 29.9 Å². The molecular formula is C12H18BrN3O. The first-order valence-electron chi connectivity index (χ1n) is 6.02. The molecule has 0 spiro atoms. The molecule has 17 heavy (non-hydrogen) atoms. The third-order valence-electron chi connectivity index (χ3n) is 2.94. The maximum absolute atomic E-state index is 5.73. The predicted molar refractivity (Wildman–Crippen MR) is 71.8 cm³/mol. The van der Waals surface area contributed by atoms with Crippen LogP contribution in [0.15, 0.2) is 12.3 Å². The van der Waals surface area contributed by atoms with E-state index in [9.17, 15) is 0 Å². The minimum Gasteiger partial charge on any atom is -0.377 e. The molecule has 1 aromatic rings. The number of hydrogen-bond acceptors (Lipinski definition) is 4. The van der Waals surface area contributed by atoms with Gasteiger partial charge in [0.25, 0.3) is 0 Å². The number of halogens is 1. The van der Waals surface area contributed by atoms with Gasteiger partial charge in [-0.25, -0.2) is 9.97 Å². The minimum atomic E-state index is 0.397. The van der Waals surface area contributed by atoms with Gasteiger partial charge in [0.15, 0.2) is 0 Å². The Morgan fingerprint density at radius 1 is 1.47 bits per heavy atom. The molecule has 0 bridgehead atoms. The van der Waals surface area contributed by atoms with Crippen LogP contribution in [0.3, 0.4) is 0 Å². The maximum atomic E-state index is 5.73. The Labute approximate surface area is 111 Å². The summed E-state index contributed by atoms with van der Waals surface area (Å²) in [6, 6.07) is 1.93. The highest BCUT2D eigenvalue weighted by Gasteiger charge is 2.21. The van der Waals surface area contributed by atoms with E-state index >= 15 is 0 Å². The smallest absolute Gasteiger partial charge is 0.225 e. The van der Waals surface area contributed by atoms with E-state index < -0.39 is 0 Å². The topological polar surface area (TPSA) is 38.2 Å². The summed E-state index contributed by atoms with van der Waals surface area (Å²) >= 11 is 3.38. The van der Waals surface area contributed by atoms with Gasteiger partial charge >= 0.3 is 0 Å². The van der Waals surface area contributed by atoms with Gasteiger partial charge in [0, 0.05) is 30.3 Å². The Balaban J connectivity index is 1.86. The lowest BCUT2D eigenvalue weighted by Gasteiger charge is -2.31. The van der Waals surface area contributed by atoms with Crippen molar-refractivity contribution in [3.8, 4) is 0 Å². The lowest BCUT2D eigenvalue weighted by Crippen LogP contribution is -2.38. The van der Waals surface area contributed by atoms with E-state index in [4.69, 9.17) is 4.74 Å². The Morgan fingerprint density at radius 2 is 2.24 bits per heavy atom. The summed E-state index contributed by atoms with van der Waals surface area (Å²) in [4.78, 5) is 11.0. The number of ether oxygens (including phenoxy) is 1. The third kappa shape index (κ3) is 3.64. The molecule has 0 N–H and O–H groups in total. The van der Waals surface area contributed by atoms with Gasteiger partial charge in [-0.3, -0.25) is 0 Å². The molecule has 2 heterocycles. The molecule has 94 valence electrons. The standard InChI is InChI=1S/C12H18BrN3O/c1-10-2-6-14-12(15-10)16-7-3-11(4-8-16)17-9-5-13/h2,6,11H,3-5,7-9H2,1H3. The van der Waals surface area contributed by atoms with Crippen LogP contribution in [0.1, 0.15) is 18.5 Å². The van der Waals surface area contributed by atoms with Gasteiger partial charge < -0.3 is 9.64 Å². The zero-order valence-corrected chi connectivity index (χ0v) is 11.7. The average molecular weight is 300 g/mol. The number of alkyl halides is 1. The first-order valence-corrected chi connectivity index (χ1v) is 7.14. The normalized spacial score (nSPS) is 17.4. The SMILES string of the molecule is Cc1ccnc(N2CCC(OCCBr)CC2)n1. The molecule has 1 aliphatic rings. The molecule has 0 atom stereocenters. The van der Waals surface area contributed by atoms with E-state index in [2.05, 4.69) is 30.8 Å². The van der Waals surface area contributed by atoms with E-state index in [1.165, 1.54) is 0 Å². The van der Waals surface area contributed by atoms with Crippen LogP contribution in [-0.2, 0) is 4.74 Å². The van der Waals surface area contributed by atoms with E-state index in [1.807, 2.05) is 19.2 Å². The molecule has 0 saturated carbocycles. The molecule has 0 aromatic carbocycles.